The molecule has 0 saturated carbocycles. The van der Waals surface area contributed by atoms with Gasteiger partial charge in [-0.2, -0.15) is 4.98 Å². The number of rotatable bonds is 5. The first kappa shape index (κ1) is 12.7. The van der Waals surface area contributed by atoms with Crippen molar-refractivity contribution in [1.29, 1.82) is 0 Å². The topological polar surface area (TPSA) is 51.0 Å². The number of aromatic nitrogens is 2. The lowest BCUT2D eigenvalue weighted by Gasteiger charge is -2.02. The Kier molecular flexibility index (Phi) is 4.04. The molecule has 2 rings (SSSR count). The highest BCUT2D eigenvalue weighted by Crippen LogP contribution is 2.08. The lowest BCUT2D eigenvalue weighted by atomic mass is 10.1. The molecule has 1 aromatic carbocycles. The van der Waals surface area contributed by atoms with Crippen LogP contribution in [0.3, 0.4) is 0 Å². The molecule has 0 fully saturated rings. The third kappa shape index (κ3) is 3.63. The maximum atomic E-state index is 12.7. The zero-order chi connectivity index (χ0) is 13.0. The average molecular weight is 249 g/mol. The Morgan fingerprint density at radius 3 is 2.67 bits per heavy atom. The Labute approximate surface area is 105 Å². The number of hydrogen-bond donors (Lipinski definition) is 1. The second kappa shape index (κ2) is 5.73. The van der Waals surface area contributed by atoms with Crippen LogP contribution in [0.5, 0.6) is 0 Å². The molecule has 96 valence electrons. The molecule has 0 amide bonds. The minimum atomic E-state index is -0.242. The second-order valence-electron chi connectivity index (χ2n) is 4.44. The molecular formula is C13H16FN3O. The van der Waals surface area contributed by atoms with Gasteiger partial charge < -0.3 is 9.84 Å². The number of nitrogens with one attached hydrogen (secondary N) is 1. The van der Waals surface area contributed by atoms with Gasteiger partial charge in [-0.1, -0.05) is 31.1 Å². The van der Waals surface area contributed by atoms with Gasteiger partial charge in [-0.25, -0.2) is 4.39 Å². The summed E-state index contributed by atoms with van der Waals surface area (Å²) < 4.78 is 17.9. The van der Waals surface area contributed by atoms with Crippen LogP contribution in [0.4, 0.5) is 4.39 Å². The van der Waals surface area contributed by atoms with Gasteiger partial charge in [0.2, 0.25) is 5.89 Å². The highest BCUT2D eigenvalue weighted by molar-refractivity contribution is 5.19. The molecule has 0 radical (unpaired) electrons. The van der Waals surface area contributed by atoms with Crippen LogP contribution >= 0.6 is 0 Å². The lowest BCUT2D eigenvalue weighted by Crippen LogP contribution is -2.21. The first-order valence-corrected chi connectivity index (χ1v) is 5.93. The molecule has 0 spiro atoms. The van der Waals surface area contributed by atoms with E-state index in [-0.39, 0.29) is 5.82 Å². The Morgan fingerprint density at radius 1 is 1.28 bits per heavy atom. The van der Waals surface area contributed by atoms with E-state index in [1.165, 1.54) is 12.1 Å². The van der Waals surface area contributed by atoms with E-state index in [1.54, 1.807) is 12.1 Å². The summed E-state index contributed by atoms with van der Waals surface area (Å²) in [5, 5.41) is 7.09. The fourth-order valence-corrected chi connectivity index (χ4v) is 1.51. The van der Waals surface area contributed by atoms with E-state index in [4.69, 9.17) is 4.52 Å². The van der Waals surface area contributed by atoms with Gasteiger partial charge in [0.1, 0.15) is 5.82 Å². The number of hydrogen-bond acceptors (Lipinski definition) is 4. The summed E-state index contributed by atoms with van der Waals surface area (Å²) in [5.74, 6) is 0.941. The van der Waals surface area contributed by atoms with E-state index in [0.717, 1.165) is 5.56 Å². The third-order valence-corrected chi connectivity index (χ3v) is 2.45. The van der Waals surface area contributed by atoms with Crippen LogP contribution < -0.4 is 5.32 Å². The smallest absolute Gasteiger partial charge is 0.240 e. The van der Waals surface area contributed by atoms with Gasteiger partial charge in [-0.3, -0.25) is 0 Å². The molecule has 0 bridgehead atoms. The van der Waals surface area contributed by atoms with Crippen molar-refractivity contribution in [2.75, 3.05) is 0 Å². The monoisotopic (exact) mass is 249 g/mol. The predicted octanol–water partition coefficient (Wildman–Crippen LogP) is 2.30. The van der Waals surface area contributed by atoms with Crippen molar-refractivity contribution in [2.45, 2.75) is 32.9 Å². The molecule has 0 unspecified atom stereocenters. The Balaban J connectivity index is 1.95. The molecule has 4 nitrogen and oxygen atoms in total. The summed E-state index contributed by atoms with van der Waals surface area (Å²) in [4.78, 5) is 4.27. The third-order valence-electron chi connectivity index (χ3n) is 2.45. The minimum absolute atomic E-state index is 0.242. The van der Waals surface area contributed by atoms with Crippen LogP contribution in [0.25, 0.3) is 0 Å². The van der Waals surface area contributed by atoms with Crippen LogP contribution in [0.15, 0.2) is 28.8 Å². The standard InChI is InChI=1S/C13H16FN3O/c1-9(2)15-8-13-16-12(17-18-13)7-10-3-5-11(14)6-4-10/h3-6,9,15H,7-8H2,1-2H3. The number of nitrogens with zero attached hydrogens (tertiary/aromatic N) is 2. The minimum Gasteiger partial charge on any atom is -0.338 e. The second-order valence-corrected chi connectivity index (χ2v) is 4.44. The fourth-order valence-electron chi connectivity index (χ4n) is 1.51. The summed E-state index contributed by atoms with van der Waals surface area (Å²) in [6, 6.07) is 6.67. The molecule has 1 heterocycles. The number of benzene rings is 1. The first-order chi connectivity index (χ1) is 8.63. The Hall–Kier alpha value is -1.75. The zero-order valence-electron chi connectivity index (χ0n) is 10.5. The van der Waals surface area contributed by atoms with Gasteiger partial charge in [0.15, 0.2) is 5.82 Å². The van der Waals surface area contributed by atoms with E-state index < -0.39 is 0 Å². The predicted molar refractivity (Wildman–Crippen MR) is 65.5 cm³/mol. The van der Waals surface area contributed by atoms with Gasteiger partial charge in [-0.15, -0.1) is 0 Å². The van der Waals surface area contributed by atoms with Crippen molar-refractivity contribution in [3.05, 3.63) is 47.4 Å². The lowest BCUT2D eigenvalue weighted by molar-refractivity contribution is 0.358. The molecule has 0 saturated heterocycles. The summed E-state index contributed by atoms with van der Waals surface area (Å²) >= 11 is 0. The van der Waals surface area contributed by atoms with E-state index in [1.807, 2.05) is 0 Å². The quantitative estimate of drug-likeness (QED) is 0.883. The van der Waals surface area contributed by atoms with Gasteiger partial charge in [0.05, 0.1) is 6.54 Å². The zero-order valence-corrected chi connectivity index (χ0v) is 10.5. The molecule has 5 heteroatoms. The SMILES string of the molecule is CC(C)NCc1nc(Cc2ccc(F)cc2)no1. The van der Waals surface area contributed by atoms with E-state index in [0.29, 0.717) is 30.7 Å². The van der Waals surface area contributed by atoms with Crippen molar-refractivity contribution in [3.8, 4) is 0 Å². The highest BCUT2D eigenvalue weighted by atomic mass is 19.1. The molecule has 0 atom stereocenters. The van der Waals surface area contributed by atoms with Crippen molar-refractivity contribution < 1.29 is 8.91 Å². The van der Waals surface area contributed by atoms with E-state index in [9.17, 15) is 4.39 Å². The maximum absolute atomic E-state index is 12.7. The molecule has 0 aliphatic heterocycles. The summed E-state index contributed by atoms with van der Waals surface area (Å²) in [6.45, 7) is 4.67. The molecule has 1 aromatic heterocycles. The summed E-state index contributed by atoms with van der Waals surface area (Å²) in [6.07, 6.45) is 0.547. The van der Waals surface area contributed by atoms with E-state index in [2.05, 4.69) is 29.3 Å². The first-order valence-electron chi connectivity index (χ1n) is 5.93. The van der Waals surface area contributed by atoms with Crippen LogP contribution in [0, 0.1) is 5.82 Å². The normalized spacial score (nSPS) is 11.1. The highest BCUT2D eigenvalue weighted by Gasteiger charge is 2.07. The van der Waals surface area contributed by atoms with Gasteiger partial charge in [0, 0.05) is 12.5 Å². The molecule has 18 heavy (non-hydrogen) atoms. The number of halogens is 1. The average Bonchev–Trinajstić information content (AvgIpc) is 2.77. The van der Waals surface area contributed by atoms with Gasteiger partial charge in [-0.05, 0) is 17.7 Å². The van der Waals surface area contributed by atoms with E-state index >= 15 is 0 Å². The fraction of sp³-hybridized carbons (Fsp3) is 0.385. The van der Waals surface area contributed by atoms with Gasteiger partial charge >= 0.3 is 0 Å². The van der Waals surface area contributed by atoms with Gasteiger partial charge in [0.25, 0.3) is 0 Å². The molecule has 0 aliphatic rings. The Bertz CT molecular complexity index is 493. The Morgan fingerprint density at radius 2 is 2.00 bits per heavy atom. The van der Waals surface area contributed by atoms with Crippen LogP contribution in [-0.2, 0) is 13.0 Å². The van der Waals surface area contributed by atoms with Crippen molar-refractivity contribution in [1.82, 2.24) is 15.5 Å². The molecule has 0 aliphatic carbocycles. The van der Waals surface area contributed by atoms with Crippen molar-refractivity contribution >= 4 is 0 Å². The van der Waals surface area contributed by atoms with Crippen molar-refractivity contribution in [2.24, 2.45) is 0 Å². The summed E-state index contributed by atoms with van der Waals surface area (Å²) in [5.41, 5.74) is 0.959. The van der Waals surface area contributed by atoms with Crippen molar-refractivity contribution in [3.63, 3.8) is 0 Å². The summed E-state index contributed by atoms with van der Waals surface area (Å²) in [7, 11) is 0. The van der Waals surface area contributed by atoms with Crippen LogP contribution in [0.2, 0.25) is 0 Å². The van der Waals surface area contributed by atoms with Crippen LogP contribution in [0.1, 0.15) is 31.1 Å². The molecule has 2 aromatic rings. The maximum Gasteiger partial charge on any atom is 0.240 e. The van der Waals surface area contributed by atoms with Crippen LogP contribution in [-0.4, -0.2) is 16.2 Å². The molecular weight excluding hydrogens is 233 g/mol. The molecule has 1 N–H and O–H groups in total. The largest absolute Gasteiger partial charge is 0.338 e.